The van der Waals surface area contributed by atoms with E-state index in [4.69, 9.17) is 0 Å². The first-order chi connectivity index (χ1) is 11.6. The second kappa shape index (κ2) is 6.84. The summed E-state index contributed by atoms with van der Waals surface area (Å²) in [5.41, 5.74) is 1.74. The highest BCUT2D eigenvalue weighted by atomic mass is 32.2. The lowest BCUT2D eigenvalue weighted by molar-refractivity contribution is 0.0731. The van der Waals surface area contributed by atoms with Crippen molar-refractivity contribution in [3.63, 3.8) is 0 Å². The van der Waals surface area contributed by atoms with Crippen molar-refractivity contribution >= 4 is 16.7 Å². The molecule has 0 unspecified atom stereocenters. The molecular formula is C17H22N4O2S. The van der Waals surface area contributed by atoms with Gasteiger partial charge in [0.1, 0.15) is 5.69 Å². The Morgan fingerprint density at radius 2 is 1.96 bits per heavy atom. The predicted octanol–water partition coefficient (Wildman–Crippen LogP) is 2.24. The summed E-state index contributed by atoms with van der Waals surface area (Å²) < 4.78 is 12.1. The van der Waals surface area contributed by atoms with Crippen LogP contribution in [0, 0.1) is 0 Å². The van der Waals surface area contributed by atoms with Crippen molar-refractivity contribution in [2.24, 2.45) is 0 Å². The Kier molecular flexibility index (Phi) is 4.80. The molecule has 0 aliphatic carbocycles. The number of rotatable bonds is 4. The Bertz CT molecular complexity index is 740. The molecule has 128 valence electrons. The van der Waals surface area contributed by atoms with Gasteiger partial charge in [-0.2, -0.15) is 15.4 Å². The molecule has 24 heavy (non-hydrogen) atoms. The van der Waals surface area contributed by atoms with Crippen LogP contribution in [-0.4, -0.2) is 54.0 Å². The molecule has 1 aromatic heterocycles. The van der Waals surface area contributed by atoms with Crippen LogP contribution in [0.15, 0.2) is 30.3 Å². The molecule has 7 heteroatoms. The summed E-state index contributed by atoms with van der Waals surface area (Å²) >= 11 is 0. The number of hydrogen-bond donors (Lipinski definition) is 1. The highest BCUT2D eigenvalue weighted by molar-refractivity contribution is 7.86. The average Bonchev–Trinajstić information content (AvgIpc) is 3.12. The highest BCUT2D eigenvalue weighted by Gasteiger charge is 2.41. The summed E-state index contributed by atoms with van der Waals surface area (Å²) in [7, 11) is -0.900. The van der Waals surface area contributed by atoms with Crippen LogP contribution in [0.25, 0.3) is 11.3 Å². The number of benzene rings is 1. The molecule has 1 aromatic carbocycles. The zero-order valence-electron chi connectivity index (χ0n) is 14.0. The molecule has 2 heterocycles. The maximum atomic E-state index is 13.0. The zero-order chi connectivity index (χ0) is 17.2. The standard InChI is InChI=1S/C17H22N4O2S/c1-3-17(4-2)12-21(10-11-24(17)23)16(22)15-14(18-20-19-15)13-8-6-5-7-9-13/h5-9H,3-4,10-12H2,1-2H3,(H,18,19,20)/t24-/m0/s1. The number of carbonyl (C=O) groups excluding carboxylic acids is 1. The maximum absolute atomic E-state index is 13.0. The summed E-state index contributed by atoms with van der Waals surface area (Å²) in [6.07, 6.45) is 1.59. The Morgan fingerprint density at radius 1 is 1.25 bits per heavy atom. The third kappa shape index (κ3) is 2.88. The number of aromatic amines is 1. The van der Waals surface area contributed by atoms with Crippen molar-refractivity contribution < 1.29 is 9.00 Å². The van der Waals surface area contributed by atoms with Crippen LogP contribution < -0.4 is 0 Å². The lowest BCUT2D eigenvalue weighted by Crippen LogP contribution is -2.54. The van der Waals surface area contributed by atoms with Crippen LogP contribution in [0.5, 0.6) is 0 Å². The number of nitrogens with zero attached hydrogens (tertiary/aromatic N) is 3. The quantitative estimate of drug-likeness (QED) is 0.921. The average molecular weight is 346 g/mol. The first-order valence-corrected chi connectivity index (χ1v) is 9.57. The van der Waals surface area contributed by atoms with E-state index < -0.39 is 10.8 Å². The number of H-pyrrole nitrogens is 1. The summed E-state index contributed by atoms with van der Waals surface area (Å²) in [5.74, 6) is 0.372. The first kappa shape index (κ1) is 16.8. The van der Waals surface area contributed by atoms with Crippen molar-refractivity contribution in [2.45, 2.75) is 31.4 Å². The molecule has 1 aliphatic rings. The van der Waals surface area contributed by atoms with Gasteiger partial charge >= 0.3 is 0 Å². The number of nitrogens with one attached hydrogen (secondary N) is 1. The van der Waals surface area contributed by atoms with E-state index in [1.807, 2.05) is 44.2 Å². The van der Waals surface area contributed by atoms with Gasteiger partial charge in [-0.3, -0.25) is 9.00 Å². The molecular weight excluding hydrogens is 324 g/mol. The topological polar surface area (TPSA) is 79.0 Å². The largest absolute Gasteiger partial charge is 0.335 e. The minimum absolute atomic E-state index is 0.148. The zero-order valence-corrected chi connectivity index (χ0v) is 14.8. The van der Waals surface area contributed by atoms with Crippen molar-refractivity contribution in [2.75, 3.05) is 18.8 Å². The second-order valence-electron chi connectivity index (χ2n) is 6.05. The summed E-state index contributed by atoms with van der Waals surface area (Å²) in [6, 6.07) is 9.54. The maximum Gasteiger partial charge on any atom is 0.276 e. The van der Waals surface area contributed by atoms with Gasteiger partial charge < -0.3 is 4.90 Å². The number of amides is 1. The van der Waals surface area contributed by atoms with Gasteiger partial charge in [0.05, 0.1) is 4.75 Å². The van der Waals surface area contributed by atoms with Crippen LogP contribution in [-0.2, 0) is 10.8 Å². The van der Waals surface area contributed by atoms with E-state index in [1.165, 1.54) is 0 Å². The Hall–Kier alpha value is -2.02. The Morgan fingerprint density at radius 3 is 2.62 bits per heavy atom. The molecule has 0 radical (unpaired) electrons. The molecule has 6 nitrogen and oxygen atoms in total. The molecule has 1 fully saturated rings. The van der Waals surface area contributed by atoms with Gasteiger partial charge in [-0.15, -0.1) is 0 Å². The first-order valence-electron chi connectivity index (χ1n) is 8.25. The fourth-order valence-electron chi connectivity index (χ4n) is 3.20. The van der Waals surface area contributed by atoms with Gasteiger partial charge in [0.2, 0.25) is 0 Å². The SMILES string of the molecule is CCC1(CC)CN(C(=O)c2n[nH]nc2-c2ccccc2)CC[S@@]1=O. The molecule has 0 spiro atoms. The van der Waals surface area contributed by atoms with E-state index in [0.717, 1.165) is 18.4 Å². The molecule has 1 amide bonds. The lowest BCUT2D eigenvalue weighted by atomic mass is 10.0. The van der Waals surface area contributed by atoms with Gasteiger partial charge in [-0.05, 0) is 12.8 Å². The lowest BCUT2D eigenvalue weighted by Gasteiger charge is -2.40. The van der Waals surface area contributed by atoms with E-state index in [0.29, 0.717) is 30.2 Å². The summed E-state index contributed by atoms with van der Waals surface area (Å²) in [5, 5.41) is 10.8. The molecule has 2 aromatic rings. The highest BCUT2D eigenvalue weighted by Crippen LogP contribution is 2.30. The summed E-state index contributed by atoms with van der Waals surface area (Å²) in [4.78, 5) is 14.8. The van der Waals surface area contributed by atoms with Crippen molar-refractivity contribution in [1.82, 2.24) is 20.3 Å². The molecule has 0 saturated carbocycles. The van der Waals surface area contributed by atoms with Crippen molar-refractivity contribution in [1.29, 1.82) is 0 Å². The van der Waals surface area contributed by atoms with Crippen LogP contribution >= 0.6 is 0 Å². The third-order valence-corrected chi connectivity index (χ3v) is 7.11. The summed E-state index contributed by atoms with van der Waals surface area (Å²) in [6.45, 7) is 5.09. The van der Waals surface area contributed by atoms with E-state index in [1.54, 1.807) is 4.90 Å². The monoisotopic (exact) mass is 346 g/mol. The molecule has 1 atom stereocenters. The Balaban J connectivity index is 1.88. The number of carbonyl (C=O) groups is 1. The van der Waals surface area contributed by atoms with Crippen molar-refractivity contribution in [3.8, 4) is 11.3 Å². The van der Waals surface area contributed by atoms with Crippen LogP contribution in [0.2, 0.25) is 0 Å². The smallest absolute Gasteiger partial charge is 0.276 e. The fourth-order valence-corrected chi connectivity index (χ4v) is 4.97. The second-order valence-corrected chi connectivity index (χ2v) is 8.02. The minimum Gasteiger partial charge on any atom is -0.335 e. The predicted molar refractivity (Wildman–Crippen MR) is 94.0 cm³/mol. The van der Waals surface area contributed by atoms with E-state index in [9.17, 15) is 9.00 Å². The number of hydrogen-bond acceptors (Lipinski definition) is 4. The fraction of sp³-hybridized carbons (Fsp3) is 0.471. The van der Waals surface area contributed by atoms with Gasteiger partial charge in [0.15, 0.2) is 5.69 Å². The molecule has 1 aliphatic heterocycles. The number of aromatic nitrogens is 3. The van der Waals surface area contributed by atoms with Crippen molar-refractivity contribution in [3.05, 3.63) is 36.0 Å². The molecule has 0 bridgehead atoms. The normalized spacial score (nSPS) is 20.1. The van der Waals surface area contributed by atoms with Gasteiger partial charge in [-0.25, -0.2) is 0 Å². The van der Waals surface area contributed by atoms with E-state index in [-0.39, 0.29) is 10.7 Å². The molecule has 1 N–H and O–H groups in total. The molecule has 3 rings (SSSR count). The van der Waals surface area contributed by atoms with E-state index >= 15 is 0 Å². The third-order valence-electron chi connectivity index (χ3n) is 4.88. The molecule has 1 saturated heterocycles. The van der Waals surface area contributed by atoms with Gasteiger partial charge in [-0.1, -0.05) is 44.2 Å². The Labute approximate surface area is 144 Å². The van der Waals surface area contributed by atoms with Crippen LogP contribution in [0.3, 0.4) is 0 Å². The minimum atomic E-state index is -0.900. The van der Waals surface area contributed by atoms with Gasteiger partial charge in [0.25, 0.3) is 5.91 Å². The van der Waals surface area contributed by atoms with Crippen LogP contribution in [0.4, 0.5) is 0 Å². The van der Waals surface area contributed by atoms with Crippen LogP contribution in [0.1, 0.15) is 37.2 Å². The van der Waals surface area contributed by atoms with E-state index in [2.05, 4.69) is 15.4 Å². The van der Waals surface area contributed by atoms with Gasteiger partial charge in [0, 0.05) is 35.2 Å².